The van der Waals surface area contributed by atoms with Crippen LogP contribution in [-0.4, -0.2) is 56.8 Å². The van der Waals surface area contributed by atoms with E-state index in [1.54, 1.807) is 0 Å². The van der Waals surface area contributed by atoms with Gasteiger partial charge < -0.3 is 4.90 Å². The van der Waals surface area contributed by atoms with Gasteiger partial charge in [0.05, 0.1) is 5.02 Å². The van der Waals surface area contributed by atoms with Gasteiger partial charge in [-0.2, -0.15) is 0 Å². The van der Waals surface area contributed by atoms with Crippen LogP contribution in [0.2, 0.25) is 5.02 Å². The second-order valence-electron chi connectivity index (χ2n) is 7.65. The summed E-state index contributed by atoms with van der Waals surface area (Å²) in [7, 11) is 0. The number of hydrogen-bond acceptors (Lipinski definition) is 5. The summed E-state index contributed by atoms with van der Waals surface area (Å²) in [5.41, 5.74) is 1.65. The summed E-state index contributed by atoms with van der Waals surface area (Å²) in [6.45, 7) is 4.77. The zero-order valence-electron chi connectivity index (χ0n) is 15.4. The SMILES string of the molecule is O=C(c1ncc(Cl)cn1)N1CCC2(CCN(Cc3cccnc3)CC2)CC1. The van der Waals surface area contributed by atoms with Gasteiger partial charge in [-0.1, -0.05) is 17.7 Å². The first-order valence-corrected chi connectivity index (χ1v) is 9.89. The number of likely N-dealkylation sites (tertiary alicyclic amines) is 2. The first-order valence-electron chi connectivity index (χ1n) is 9.52. The van der Waals surface area contributed by atoms with Crippen molar-refractivity contribution in [2.75, 3.05) is 26.2 Å². The Morgan fingerprint density at radius 3 is 2.33 bits per heavy atom. The lowest BCUT2D eigenvalue weighted by molar-refractivity contribution is 0.0279. The van der Waals surface area contributed by atoms with Gasteiger partial charge in [0.25, 0.3) is 5.91 Å². The fourth-order valence-corrected chi connectivity index (χ4v) is 4.28. The summed E-state index contributed by atoms with van der Waals surface area (Å²) < 4.78 is 0. The number of aromatic nitrogens is 3. The van der Waals surface area contributed by atoms with E-state index >= 15 is 0 Å². The Hall–Kier alpha value is -2.05. The Morgan fingerprint density at radius 2 is 1.70 bits per heavy atom. The van der Waals surface area contributed by atoms with E-state index in [1.165, 1.54) is 30.8 Å². The maximum Gasteiger partial charge on any atom is 0.291 e. The summed E-state index contributed by atoms with van der Waals surface area (Å²) in [5, 5.41) is 0.446. The van der Waals surface area contributed by atoms with Gasteiger partial charge in [-0.3, -0.25) is 14.7 Å². The van der Waals surface area contributed by atoms with E-state index in [-0.39, 0.29) is 11.7 Å². The maximum atomic E-state index is 12.6. The molecule has 142 valence electrons. The highest BCUT2D eigenvalue weighted by Gasteiger charge is 2.38. The molecular formula is C20H24ClN5O. The number of carbonyl (C=O) groups excluding carboxylic acids is 1. The van der Waals surface area contributed by atoms with Crippen molar-refractivity contribution in [1.29, 1.82) is 0 Å². The number of pyridine rings is 1. The van der Waals surface area contributed by atoms with E-state index in [2.05, 4.69) is 25.9 Å². The van der Waals surface area contributed by atoms with Crippen molar-refractivity contribution in [3.05, 3.63) is 53.3 Å². The summed E-state index contributed by atoms with van der Waals surface area (Å²) in [6.07, 6.45) is 11.3. The normalized spacial score (nSPS) is 20.0. The van der Waals surface area contributed by atoms with Gasteiger partial charge in [0.2, 0.25) is 5.82 Å². The zero-order valence-corrected chi connectivity index (χ0v) is 16.1. The van der Waals surface area contributed by atoms with Crippen LogP contribution in [0.3, 0.4) is 0 Å². The van der Waals surface area contributed by atoms with Crippen LogP contribution in [-0.2, 0) is 6.54 Å². The van der Waals surface area contributed by atoms with E-state index in [1.807, 2.05) is 23.4 Å². The van der Waals surface area contributed by atoms with Crippen molar-refractivity contribution in [1.82, 2.24) is 24.8 Å². The molecule has 0 bridgehead atoms. The molecular weight excluding hydrogens is 362 g/mol. The monoisotopic (exact) mass is 385 g/mol. The summed E-state index contributed by atoms with van der Waals surface area (Å²) in [4.78, 5) is 29.3. The largest absolute Gasteiger partial charge is 0.336 e. The number of piperidine rings is 2. The molecule has 0 aliphatic carbocycles. The summed E-state index contributed by atoms with van der Waals surface area (Å²) >= 11 is 5.80. The molecule has 7 heteroatoms. The van der Waals surface area contributed by atoms with Crippen LogP contribution in [0.25, 0.3) is 0 Å². The molecule has 2 aliphatic heterocycles. The molecule has 0 unspecified atom stereocenters. The highest BCUT2D eigenvalue weighted by molar-refractivity contribution is 6.30. The van der Waals surface area contributed by atoms with Gasteiger partial charge in [-0.15, -0.1) is 0 Å². The van der Waals surface area contributed by atoms with Gasteiger partial charge in [0.1, 0.15) is 0 Å². The van der Waals surface area contributed by atoms with Crippen LogP contribution in [0.15, 0.2) is 36.9 Å². The smallest absolute Gasteiger partial charge is 0.291 e. The molecule has 0 aromatic carbocycles. The molecule has 4 heterocycles. The Kier molecular flexibility index (Phi) is 5.36. The van der Waals surface area contributed by atoms with Gasteiger partial charge in [-0.25, -0.2) is 9.97 Å². The average Bonchev–Trinajstić information content (AvgIpc) is 2.71. The minimum Gasteiger partial charge on any atom is -0.336 e. The molecule has 27 heavy (non-hydrogen) atoms. The number of carbonyl (C=O) groups is 1. The molecule has 6 nitrogen and oxygen atoms in total. The molecule has 0 saturated carbocycles. The van der Waals surface area contributed by atoms with Crippen molar-refractivity contribution in [3.8, 4) is 0 Å². The Morgan fingerprint density at radius 1 is 1.04 bits per heavy atom. The van der Waals surface area contributed by atoms with Crippen molar-refractivity contribution in [3.63, 3.8) is 0 Å². The van der Waals surface area contributed by atoms with Gasteiger partial charge in [0, 0.05) is 44.4 Å². The predicted molar refractivity (Wildman–Crippen MR) is 103 cm³/mol. The molecule has 2 fully saturated rings. The van der Waals surface area contributed by atoms with Crippen LogP contribution in [0, 0.1) is 5.41 Å². The molecule has 0 radical (unpaired) electrons. The maximum absolute atomic E-state index is 12.6. The van der Waals surface area contributed by atoms with E-state index in [4.69, 9.17) is 11.6 Å². The fourth-order valence-electron chi connectivity index (χ4n) is 4.18. The zero-order chi connectivity index (χ0) is 18.7. The highest BCUT2D eigenvalue weighted by atomic mass is 35.5. The standard InChI is InChI=1S/C20H24ClN5O/c21-17-13-23-18(24-14-17)19(27)26-10-5-20(6-11-26)3-8-25(9-4-20)15-16-2-1-7-22-12-16/h1-2,7,12-14H,3-6,8-11,15H2. The minimum atomic E-state index is -0.0875. The molecule has 4 rings (SSSR count). The number of nitrogens with zero attached hydrogens (tertiary/aromatic N) is 5. The number of rotatable bonds is 3. The topological polar surface area (TPSA) is 62.2 Å². The lowest BCUT2D eigenvalue weighted by Crippen LogP contribution is -2.48. The first kappa shape index (κ1) is 18.3. The molecule has 1 spiro atoms. The fraction of sp³-hybridized carbons (Fsp3) is 0.500. The third-order valence-electron chi connectivity index (χ3n) is 5.97. The third-order valence-corrected chi connectivity index (χ3v) is 6.16. The van der Waals surface area contributed by atoms with Crippen LogP contribution in [0.1, 0.15) is 41.9 Å². The van der Waals surface area contributed by atoms with E-state index in [9.17, 15) is 4.79 Å². The van der Waals surface area contributed by atoms with Crippen molar-refractivity contribution >= 4 is 17.5 Å². The third kappa shape index (κ3) is 4.28. The van der Waals surface area contributed by atoms with Crippen LogP contribution in [0.5, 0.6) is 0 Å². The number of hydrogen-bond donors (Lipinski definition) is 0. The minimum absolute atomic E-state index is 0.0875. The summed E-state index contributed by atoms with van der Waals surface area (Å²) in [5.74, 6) is 0.150. The number of halogens is 1. The Bertz CT molecular complexity index is 765. The van der Waals surface area contributed by atoms with Crippen LogP contribution >= 0.6 is 11.6 Å². The van der Waals surface area contributed by atoms with Crippen molar-refractivity contribution < 1.29 is 4.79 Å². The van der Waals surface area contributed by atoms with E-state index in [0.717, 1.165) is 45.6 Å². The lowest BCUT2D eigenvalue weighted by Gasteiger charge is -2.46. The van der Waals surface area contributed by atoms with E-state index in [0.29, 0.717) is 10.4 Å². The quantitative estimate of drug-likeness (QED) is 0.812. The highest BCUT2D eigenvalue weighted by Crippen LogP contribution is 2.41. The second kappa shape index (κ2) is 7.90. The molecule has 0 N–H and O–H groups in total. The second-order valence-corrected chi connectivity index (χ2v) is 8.09. The molecule has 2 aliphatic rings. The van der Waals surface area contributed by atoms with E-state index < -0.39 is 0 Å². The molecule has 0 atom stereocenters. The first-order chi connectivity index (χ1) is 13.1. The lowest BCUT2D eigenvalue weighted by atomic mass is 9.71. The van der Waals surface area contributed by atoms with Crippen LogP contribution in [0.4, 0.5) is 0 Å². The summed E-state index contributed by atoms with van der Waals surface area (Å²) in [6, 6.07) is 4.14. The molecule has 2 aromatic heterocycles. The average molecular weight is 386 g/mol. The van der Waals surface area contributed by atoms with Crippen molar-refractivity contribution in [2.24, 2.45) is 5.41 Å². The van der Waals surface area contributed by atoms with Gasteiger partial charge >= 0.3 is 0 Å². The van der Waals surface area contributed by atoms with Crippen LogP contribution < -0.4 is 0 Å². The molecule has 2 aromatic rings. The van der Waals surface area contributed by atoms with Gasteiger partial charge in [0.15, 0.2) is 0 Å². The number of amides is 1. The van der Waals surface area contributed by atoms with Gasteiger partial charge in [-0.05, 0) is 55.8 Å². The predicted octanol–water partition coefficient (Wildman–Crippen LogP) is 3.04. The Balaban J connectivity index is 1.29. The molecule has 1 amide bonds. The Labute approximate surface area is 164 Å². The molecule has 2 saturated heterocycles. The van der Waals surface area contributed by atoms with Crippen molar-refractivity contribution in [2.45, 2.75) is 32.2 Å².